The van der Waals surface area contributed by atoms with Crippen LogP contribution in [0.2, 0.25) is 15.1 Å². The number of nitrogens with one attached hydrogen (secondary N) is 1. The van der Waals surface area contributed by atoms with Crippen LogP contribution in [0.25, 0.3) is 11.1 Å². The summed E-state index contributed by atoms with van der Waals surface area (Å²) in [5.74, 6) is -0.989. The molecule has 1 amide bonds. The van der Waals surface area contributed by atoms with Crippen molar-refractivity contribution in [2.24, 2.45) is 5.92 Å². The Morgan fingerprint density at radius 3 is 2.03 bits per heavy atom. The first-order valence-electron chi connectivity index (χ1n) is 10.7. The summed E-state index contributed by atoms with van der Waals surface area (Å²) in [6, 6.07) is 17.9. The number of carbonyl (C=O) groups is 2. The highest BCUT2D eigenvalue weighted by atomic mass is 35.5. The minimum absolute atomic E-state index is 0.0565. The van der Waals surface area contributed by atoms with Crippen LogP contribution < -0.4 is 10.1 Å². The largest absolute Gasteiger partial charge is 0.449 e. The Balaban J connectivity index is 1.43. The Bertz CT molecular complexity index is 1200. The van der Waals surface area contributed by atoms with Gasteiger partial charge in [0.05, 0.1) is 15.1 Å². The second-order valence-corrected chi connectivity index (χ2v) is 9.53. The molecule has 0 unspecified atom stereocenters. The van der Waals surface area contributed by atoms with Gasteiger partial charge >= 0.3 is 12.1 Å². The molecule has 0 fully saturated rings. The maximum Gasteiger partial charge on any atom is 0.407 e. The maximum atomic E-state index is 12.8. The molecule has 0 aromatic heterocycles. The Kier molecular flexibility index (Phi) is 7.36. The summed E-state index contributed by atoms with van der Waals surface area (Å²) in [5, 5.41) is 3.18. The Hall–Kier alpha value is -2.73. The van der Waals surface area contributed by atoms with Crippen LogP contribution in [0.4, 0.5) is 4.79 Å². The Morgan fingerprint density at radius 1 is 0.882 bits per heavy atom. The van der Waals surface area contributed by atoms with Gasteiger partial charge in [-0.1, -0.05) is 97.2 Å². The molecule has 0 aliphatic heterocycles. The molecule has 0 spiro atoms. The van der Waals surface area contributed by atoms with Crippen LogP contribution in [-0.4, -0.2) is 24.7 Å². The molecule has 1 N–H and O–H groups in total. The third-order valence-electron chi connectivity index (χ3n) is 5.72. The van der Waals surface area contributed by atoms with Gasteiger partial charge in [-0.05, 0) is 34.2 Å². The number of alkyl carbamates (subject to hydrolysis) is 1. The van der Waals surface area contributed by atoms with Gasteiger partial charge in [0, 0.05) is 12.0 Å². The van der Waals surface area contributed by atoms with Crippen molar-refractivity contribution < 1.29 is 19.1 Å². The average molecular weight is 519 g/mol. The van der Waals surface area contributed by atoms with Crippen molar-refractivity contribution in [1.82, 2.24) is 5.32 Å². The monoisotopic (exact) mass is 517 g/mol. The molecular formula is C26H22Cl3NO4. The van der Waals surface area contributed by atoms with E-state index in [0.717, 1.165) is 22.3 Å². The van der Waals surface area contributed by atoms with E-state index in [1.165, 1.54) is 12.1 Å². The summed E-state index contributed by atoms with van der Waals surface area (Å²) in [6.45, 7) is 3.70. The van der Waals surface area contributed by atoms with Gasteiger partial charge in [-0.15, -0.1) is 0 Å². The molecule has 0 saturated carbocycles. The number of esters is 1. The Morgan fingerprint density at radius 2 is 1.44 bits per heavy atom. The smallest absolute Gasteiger partial charge is 0.407 e. The molecule has 0 bridgehead atoms. The lowest BCUT2D eigenvalue weighted by atomic mass is 9.98. The van der Waals surface area contributed by atoms with E-state index in [9.17, 15) is 9.59 Å². The van der Waals surface area contributed by atoms with Crippen molar-refractivity contribution in [3.8, 4) is 16.9 Å². The second kappa shape index (κ2) is 10.3. The first-order chi connectivity index (χ1) is 16.3. The van der Waals surface area contributed by atoms with Crippen molar-refractivity contribution in [1.29, 1.82) is 0 Å². The SMILES string of the molecule is CC(C)[C@H](NC(=O)OCC1c2ccccc2-c2ccccc21)C(=O)Oc1cc(Cl)c(Cl)cc1Cl. The zero-order valence-corrected chi connectivity index (χ0v) is 20.7. The van der Waals surface area contributed by atoms with E-state index in [1.54, 1.807) is 13.8 Å². The lowest BCUT2D eigenvalue weighted by Gasteiger charge is -2.22. The van der Waals surface area contributed by atoms with E-state index in [1.807, 2.05) is 36.4 Å². The van der Waals surface area contributed by atoms with E-state index in [-0.39, 0.29) is 39.3 Å². The van der Waals surface area contributed by atoms with Gasteiger partial charge in [-0.2, -0.15) is 0 Å². The van der Waals surface area contributed by atoms with Crippen LogP contribution in [0.1, 0.15) is 30.9 Å². The van der Waals surface area contributed by atoms with Gasteiger partial charge in [0.15, 0.2) is 5.75 Å². The van der Waals surface area contributed by atoms with Crippen molar-refractivity contribution in [3.05, 3.63) is 86.9 Å². The molecule has 4 rings (SSSR count). The summed E-state index contributed by atoms with van der Waals surface area (Å²) in [4.78, 5) is 25.5. The van der Waals surface area contributed by atoms with Gasteiger partial charge in [-0.3, -0.25) is 0 Å². The number of carbonyl (C=O) groups excluding carboxylic acids is 2. The fourth-order valence-electron chi connectivity index (χ4n) is 4.02. The van der Waals surface area contributed by atoms with Gasteiger partial charge in [0.2, 0.25) is 0 Å². The zero-order chi connectivity index (χ0) is 24.4. The van der Waals surface area contributed by atoms with Crippen molar-refractivity contribution in [2.45, 2.75) is 25.8 Å². The fraction of sp³-hybridized carbons (Fsp3) is 0.231. The predicted octanol–water partition coefficient (Wildman–Crippen LogP) is 7.12. The number of benzene rings is 3. The van der Waals surface area contributed by atoms with Crippen molar-refractivity contribution >= 4 is 46.9 Å². The number of halogens is 3. The molecule has 5 nitrogen and oxygen atoms in total. The minimum atomic E-state index is -0.957. The first kappa shape index (κ1) is 24.4. The van der Waals surface area contributed by atoms with Crippen LogP contribution in [-0.2, 0) is 9.53 Å². The van der Waals surface area contributed by atoms with Crippen LogP contribution in [0.15, 0.2) is 60.7 Å². The first-order valence-corrected chi connectivity index (χ1v) is 11.9. The topological polar surface area (TPSA) is 64.6 Å². The number of amides is 1. The number of fused-ring (bicyclic) bond motifs is 3. The number of hydrogen-bond donors (Lipinski definition) is 1. The molecule has 1 aliphatic carbocycles. The van der Waals surface area contributed by atoms with Crippen molar-refractivity contribution in [3.63, 3.8) is 0 Å². The molecule has 0 heterocycles. The quantitative estimate of drug-likeness (QED) is 0.214. The molecule has 3 aromatic carbocycles. The average Bonchev–Trinajstić information content (AvgIpc) is 3.13. The van der Waals surface area contributed by atoms with Crippen LogP contribution >= 0.6 is 34.8 Å². The normalized spacial score (nSPS) is 13.2. The van der Waals surface area contributed by atoms with Crippen LogP contribution in [0.5, 0.6) is 5.75 Å². The molecule has 1 aliphatic rings. The minimum Gasteiger partial charge on any atom is -0.449 e. The maximum absolute atomic E-state index is 12.8. The summed E-state index contributed by atoms with van der Waals surface area (Å²) in [6.07, 6.45) is -0.710. The third kappa shape index (κ3) is 5.02. The number of hydrogen-bond acceptors (Lipinski definition) is 4. The number of rotatable bonds is 6. The van der Waals surface area contributed by atoms with E-state index in [2.05, 4.69) is 17.4 Å². The van der Waals surface area contributed by atoms with Crippen LogP contribution in [0, 0.1) is 5.92 Å². The summed E-state index contributed by atoms with van der Waals surface area (Å²) >= 11 is 18.0. The summed E-state index contributed by atoms with van der Waals surface area (Å²) < 4.78 is 10.9. The molecule has 34 heavy (non-hydrogen) atoms. The van der Waals surface area contributed by atoms with E-state index < -0.39 is 18.1 Å². The summed E-state index contributed by atoms with van der Waals surface area (Å²) in [7, 11) is 0. The predicted molar refractivity (Wildman–Crippen MR) is 134 cm³/mol. The fourth-order valence-corrected chi connectivity index (χ4v) is 4.59. The van der Waals surface area contributed by atoms with E-state index >= 15 is 0 Å². The van der Waals surface area contributed by atoms with Crippen LogP contribution in [0.3, 0.4) is 0 Å². The molecule has 0 radical (unpaired) electrons. The Labute approximate surface area is 212 Å². The second-order valence-electron chi connectivity index (χ2n) is 8.31. The molecule has 176 valence electrons. The lowest BCUT2D eigenvalue weighted by Crippen LogP contribution is -2.46. The highest BCUT2D eigenvalue weighted by Gasteiger charge is 2.31. The van der Waals surface area contributed by atoms with Crippen molar-refractivity contribution in [2.75, 3.05) is 6.61 Å². The standard InChI is InChI=1S/C26H22Cl3NO4/c1-14(2)24(25(31)34-23-12-21(28)20(27)11-22(23)29)30-26(32)33-13-19-17-9-5-3-7-15(17)16-8-4-6-10-18(16)19/h3-12,14,19,24H,13H2,1-2H3,(H,30,32)/t24-/m0/s1. The molecule has 8 heteroatoms. The van der Waals surface area contributed by atoms with Gasteiger partial charge < -0.3 is 14.8 Å². The zero-order valence-electron chi connectivity index (χ0n) is 18.5. The molecule has 3 aromatic rings. The van der Waals surface area contributed by atoms with E-state index in [4.69, 9.17) is 44.3 Å². The molecular weight excluding hydrogens is 497 g/mol. The summed E-state index contributed by atoms with van der Waals surface area (Å²) in [5.41, 5.74) is 4.47. The van der Waals surface area contributed by atoms with Gasteiger partial charge in [0.25, 0.3) is 0 Å². The van der Waals surface area contributed by atoms with E-state index in [0.29, 0.717) is 0 Å². The number of ether oxygens (including phenoxy) is 2. The van der Waals surface area contributed by atoms with Gasteiger partial charge in [0.1, 0.15) is 12.6 Å². The lowest BCUT2D eigenvalue weighted by molar-refractivity contribution is -0.137. The third-order valence-corrected chi connectivity index (χ3v) is 6.74. The molecule has 1 atom stereocenters. The van der Waals surface area contributed by atoms with Gasteiger partial charge in [-0.25, -0.2) is 9.59 Å². The molecule has 0 saturated heterocycles. The highest BCUT2D eigenvalue weighted by Crippen LogP contribution is 2.44. The highest BCUT2D eigenvalue weighted by molar-refractivity contribution is 6.43.